The quantitative estimate of drug-likeness (QED) is 0.518. The lowest BCUT2D eigenvalue weighted by Crippen LogP contribution is -2.42. The third kappa shape index (κ3) is 1.84. The summed E-state index contributed by atoms with van der Waals surface area (Å²) in [7, 11) is -2.77. The van der Waals surface area contributed by atoms with Crippen molar-refractivity contribution in [3.8, 4) is 0 Å². The molecule has 0 radical (unpaired) electrons. The molecule has 8 heteroatoms. The molecule has 0 aliphatic carbocycles. The van der Waals surface area contributed by atoms with Gasteiger partial charge in [0.15, 0.2) is 0 Å². The number of likely N-dealkylation sites (N-methyl/N-ethyl adjacent to an activating group) is 1. The van der Waals surface area contributed by atoms with Crippen molar-refractivity contribution in [3.05, 3.63) is 11.3 Å². The first-order valence-electron chi connectivity index (χ1n) is 3.57. The summed E-state index contributed by atoms with van der Waals surface area (Å²) in [6.45, 7) is 1.22. The highest BCUT2D eigenvalue weighted by molar-refractivity contribution is 7.85. The maximum atomic E-state index is 11.1. The number of nitrogens with one attached hydrogen (secondary N) is 2. The Hall–Kier alpha value is -1.57. The van der Waals surface area contributed by atoms with Gasteiger partial charge in [-0.1, -0.05) is 0 Å². The van der Waals surface area contributed by atoms with E-state index in [4.69, 9.17) is 0 Å². The number of rotatable bonds is 1. The monoisotopic (exact) mass is 220 g/mol. The molecular weight excluding hydrogens is 212 g/mol. The second kappa shape index (κ2) is 3.29. The van der Waals surface area contributed by atoms with Gasteiger partial charge in [-0.05, 0) is 6.92 Å². The van der Waals surface area contributed by atoms with Crippen molar-refractivity contribution in [3.63, 3.8) is 0 Å². The molecule has 1 rings (SSSR count). The van der Waals surface area contributed by atoms with Crippen LogP contribution >= 0.6 is 0 Å². The van der Waals surface area contributed by atoms with Crippen molar-refractivity contribution in [2.24, 2.45) is 0 Å². The molecule has 2 N–H and O–H groups in total. The van der Waals surface area contributed by atoms with Crippen LogP contribution in [0.25, 0.3) is 0 Å². The first kappa shape index (κ1) is 10.5. The molecule has 0 saturated heterocycles. The molecule has 0 saturated carbocycles. The highest BCUT2D eigenvalue weighted by atomic mass is 32.2. The summed E-state index contributed by atoms with van der Waals surface area (Å²) >= 11 is 0. The minimum atomic E-state index is -4.09. The van der Waals surface area contributed by atoms with E-state index in [-0.39, 0.29) is 11.3 Å². The topological polar surface area (TPSA) is 102 Å². The molecule has 0 aromatic heterocycles. The fraction of sp³-hybridized carbons (Fsp3) is 0.333. The number of carbonyl (C=O) groups excluding carboxylic acids is 2. The van der Waals surface area contributed by atoms with Crippen LogP contribution in [0.4, 0.5) is 0 Å². The number of hydrogen-bond donors (Lipinski definition) is 2. The van der Waals surface area contributed by atoms with E-state index in [2.05, 4.69) is 9.50 Å². The minimum absolute atomic E-state index is 0.242. The van der Waals surface area contributed by atoms with Crippen LogP contribution in [0.2, 0.25) is 0 Å². The van der Waals surface area contributed by atoms with Crippen LogP contribution in [0.1, 0.15) is 6.92 Å². The van der Waals surface area contributed by atoms with Crippen LogP contribution in [0.5, 0.6) is 0 Å². The summed E-state index contributed by atoms with van der Waals surface area (Å²) in [6, 6.07) is 0. The zero-order chi connectivity index (χ0) is 10.9. The summed E-state index contributed by atoms with van der Waals surface area (Å²) in [6.07, 6.45) is 0. The molecular formula is C6H8N2O5S. The molecule has 1 aliphatic rings. The average molecular weight is 220 g/mol. The van der Waals surface area contributed by atoms with E-state index in [1.807, 2.05) is 0 Å². The van der Waals surface area contributed by atoms with E-state index in [0.29, 0.717) is 0 Å². The van der Waals surface area contributed by atoms with E-state index in [1.165, 1.54) is 14.0 Å². The molecule has 2 amide bonds. The van der Waals surface area contributed by atoms with Gasteiger partial charge in [0, 0.05) is 7.05 Å². The normalized spacial score (nSPS) is 19.7. The molecule has 0 spiro atoms. The van der Waals surface area contributed by atoms with Gasteiger partial charge in [-0.15, -0.1) is 0 Å². The zero-order valence-corrected chi connectivity index (χ0v) is 8.27. The van der Waals surface area contributed by atoms with Crippen molar-refractivity contribution in [1.82, 2.24) is 10.0 Å². The van der Waals surface area contributed by atoms with Crippen molar-refractivity contribution >= 4 is 22.1 Å². The van der Waals surface area contributed by atoms with Gasteiger partial charge >= 0.3 is 10.3 Å². The molecule has 78 valence electrons. The highest BCUT2D eigenvalue weighted by Gasteiger charge is 2.32. The van der Waals surface area contributed by atoms with Crippen molar-refractivity contribution in [1.29, 1.82) is 0 Å². The lowest BCUT2D eigenvalue weighted by Gasteiger charge is -2.17. The second-order valence-electron chi connectivity index (χ2n) is 2.48. The third-order valence-corrected chi connectivity index (χ3v) is 2.39. The minimum Gasteiger partial charge on any atom is -0.371 e. The van der Waals surface area contributed by atoms with Gasteiger partial charge in [-0.2, -0.15) is 8.42 Å². The Morgan fingerprint density at radius 2 is 2.07 bits per heavy atom. The van der Waals surface area contributed by atoms with E-state index < -0.39 is 22.1 Å². The Bertz CT molecular complexity index is 422. The largest absolute Gasteiger partial charge is 0.409 e. The van der Waals surface area contributed by atoms with Gasteiger partial charge in [-0.25, -0.2) is 4.72 Å². The summed E-state index contributed by atoms with van der Waals surface area (Å²) in [5, 5.41) is 2.19. The van der Waals surface area contributed by atoms with E-state index in [1.54, 1.807) is 4.72 Å². The lowest BCUT2D eigenvalue weighted by atomic mass is 10.2. The Labute approximate surface area is 80.4 Å². The molecule has 0 bridgehead atoms. The van der Waals surface area contributed by atoms with Crippen LogP contribution in [0.15, 0.2) is 11.3 Å². The smallest absolute Gasteiger partial charge is 0.371 e. The summed E-state index contributed by atoms with van der Waals surface area (Å²) in [4.78, 5) is 22.2. The Kier molecular flexibility index (Phi) is 2.47. The predicted octanol–water partition coefficient (Wildman–Crippen LogP) is -1.60. The number of hydrogen-bond acceptors (Lipinski definition) is 5. The number of allylic oxidation sites excluding steroid dienone is 1. The highest BCUT2D eigenvalue weighted by Crippen LogP contribution is 2.14. The lowest BCUT2D eigenvalue weighted by molar-refractivity contribution is -0.123. The molecule has 0 fully saturated rings. The van der Waals surface area contributed by atoms with Crippen molar-refractivity contribution in [2.45, 2.75) is 6.92 Å². The SMILES string of the molecule is CNC(=O)C1=C(C)OS(=O)(=O)NC1=O. The second-order valence-corrected chi connectivity index (χ2v) is 3.76. The van der Waals surface area contributed by atoms with Crippen LogP contribution in [-0.2, 0) is 24.1 Å². The maximum Gasteiger partial charge on any atom is 0.409 e. The van der Waals surface area contributed by atoms with Crippen LogP contribution < -0.4 is 10.0 Å². The van der Waals surface area contributed by atoms with Crippen LogP contribution in [0, 0.1) is 0 Å². The number of carbonyl (C=O) groups is 2. The van der Waals surface area contributed by atoms with Gasteiger partial charge in [0.25, 0.3) is 11.8 Å². The van der Waals surface area contributed by atoms with E-state index in [9.17, 15) is 18.0 Å². The predicted molar refractivity (Wildman–Crippen MR) is 44.9 cm³/mol. The molecule has 14 heavy (non-hydrogen) atoms. The molecule has 7 nitrogen and oxygen atoms in total. The maximum absolute atomic E-state index is 11.1. The van der Waals surface area contributed by atoms with E-state index >= 15 is 0 Å². The average Bonchev–Trinajstić information content (AvgIpc) is 1.99. The first-order valence-corrected chi connectivity index (χ1v) is 4.97. The standard InChI is InChI=1S/C6H8N2O5S/c1-3-4(5(9)7-2)6(10)8-14(11,12)13-3/h1-2H3,(H,7,9)(H,8,10). The van der Waals surface area contributed by atoms with Gasteiger partial charge in [-0.3, -0.25) is 9.59 Å². The van der Waals surface area contributed by atoms with Gasteiger partial charge in [0.2, 0.25) is 0 Å². The molecule has 1 heterocycles. The summed E-state index contributed by atoms with van der Waals surface area (Å²) in [5.74, 6) is -1.93. The first-order chi connectivity index (χ1) is 6.37. The van der Waals surface area contributed by atoms with Crippen molar-refractivity contribution in [2.75, 3.05) is 7.05 Å². The van der Waals surface area contributed by atoms with Gasteiger partial charge in [0.05, 0.1) is 0 Å². The van der Waals surface area contributed by atoms with Crippen LogP contribution in [0.3, 0.4) is 0 Å². The zero-order valence-electron chi connectivity index (χ0n) is 7.45. The molecule has 0 atom stereocenters. The Balaban J connectivity index is 3.18. The molecule has 0 aromatic rings. The summed E-state index contributed by atoms with van der Waals surface area (Å²) in [5.41, 5.74) is -0.345. The fourth-order valence-corrected chi connectivity index (χ4v) is 1.72. The van der Waals surface area contributed by atoms with Crippen molar-refractivity contribution < 1.29 is 22.2 Å². The third-order valence-electron chi connectivity index (χ3n) is 1.49. The fourth-order valence-electron chi connectivity index (χ4n) is 0.939. The van der Waals surface area contributed by atoms with E-state index in [0.717, 1.165) is 0 Å². The number of amides is 2. The molecule has 1 aliphatic heterocycles. The van der Waals surface area contributed by atoms with Gasteiger partial charge < -0.3 is 9.50 Å². The molecule has 0 unspecified atom stereocenters. The Morgan fingerprint density at radius 1 is 1.50 bits per heavy atom. The summed E-state index contributed by atoms with van der Waals surface area (Å²) < 4.78 is 27.5. The Morgan fingerprint density at radius 3 is 2.50 bits per heavy atom. The molecule has 0 aromatic carbocycles. The van der Waals surface area contributed by atoms with Crippen LogP contribution in [-0.4, -0.2) is 27.3 Å². The van der Waals surface area contributed by atoms with Gasteiger partial charge in [0.1, 0.15) is 11.3 Å².